The van der Waals surface area contributed by atoms with E-state index >= 15 is 0 Å². The molecule has 2 N–H and O–H groups in total. The average Bonchev–Trinajstić information content (AvgIpc) is 2.53. The second kappa shape index (κ2) is 6.95. The Kier molecular flexibility index (Phi) is 5.00. The Labute approximate surface area is 123 Å². The van der Waals surface area contributed by atoms with E-state index in [1.165, 1.54) is 7.11 Å². The normalized spacial score (nSPS) is 10.3. The molecule has 21 heavy (non-hydrogen) atoms. The zero-order valence-corrected chi connectivity index (χ0v) is 12.1. The number of rotatable bonds is 6. The van der Waals surface area contributed by atoms with E-state index in [9.17, 15) is 4.39 Å². The van der Waals surface area contributed by atoms with E-state index < -0.39 is 5.82 Å². The van der Waals surface area contributed by atoms with Crippen molar-refractivity contribution in [3.63, 3.8) is 0 Å². The van der Waals surface area contributed by atoms with Crippen LogP contribution in [0.5, 0.6) is 17.2 Å². The van der Waals surface area contributed by atoms with Crippen LogP contribution < -0.4 is 19.9 Å². The molecule has 0 radical (unpaired) electrons. The first-order chi connectivity index (χ1) is 10.2. The molecular formula is C16H18FNO3. The van der Waals surface area contributed by atoms with Crippen molar-refractivity contribution in [2.45, 2.75) is 13.2 Å². The third-order valence-corrected chi connectivity index (χ3v) is 3.14. The van der Waals surface area contributed by atoms with E-state index in [4.69, 9.17) is 19.9 Å². The van der Waals surface area contributed by atoms with E-state index in [1.54, 1.807) is 37.4 Å². The van der Waals surface area contributed by atoms with Crippen molar-refractivity contribution in [2.24, 2.45) is 5.73 Å². The van der Waals surface area contributed by atoms with E-state index in [0.717, 1.165) is 5.56 Å². The highest BCUT2D eigenvalue weighted by molar-refractivity contribution is 5.41. The van der Waals surface area contributed by atoms with Crippen LogP contribution in [0.2, 0.25) is 0 Å². The van der Waals surface area contributed by atoms with Crippen molar-refractivity contribution in [1.82, 2.24) is 0 Å². The van der Waals surface area contributed by atoms with Crippen molar-refractivity contribution >= 4 is 0 Å². The predicted octanol–water partition coefficient (Wildman–Crippen LogP) is 2.88. The molecule has 2 rings (SSSR count). The molecular weight excluding hydrogens is 273 g/mol. The van der Waals surface area contributed by atoms with E-state index in [0.29, 0.717) is 23.6 Å². The number of halogens is 1. The molecule has 0 amide bonds. The maximum atomic E-state index is 14.0. The Hall–Kier alpha value is -2.27. The molecule has 112 valence electrons. The minimum atomic E-state index is -0.419. The van der Waals surface area contributed by atoms with Gasteiger partial charge in [-0.2, -0.15) is 0 Å². The molecule has 2 aromatic rings. The van der Waals surface area contributed by atoms with Gasteiger partial charge in [0.15, 0.2) is 11.6 Å². The lowest BCUT2D eigenvalue weighted by Gasteiger charge is -2.13. The Morgan fingerprint density at radius 3 is 2.48 bits per heavy atom. The predicted molar refractivity (Wildman–Crippen MR) is 78.2 cm³/mol. The third kappa shape index (κ3) is 3.44. The zero-order chi connectivity index (χ0) is 15.2. The van der Waals surface area contributed by atoms with Crippen molar-refractivity contribution in [3.8, 4) is 17.2 Å². The van der Waals surface area contributed by atoms with Crippen molar-refractivity contribution < 1.29 is 18.6 Å². The molecule has 0 saturated carbocycles. The first-order valence-electron chi connectivity index (χ1n) is 6.50. The largest absolute Gasteiger partial charge is 0.497 e. The van der Waals surface area contributed by atoms with Crippen LogP contribution in [0.1, 0.15) is 11.1 Å². The number of methoxy groups -OCH3 is 2. The summed E-state index contributed by atoms with van der Waals surface area (Å²) < 4.78 is 29.8. The molecule has 0 unspecified atom stereocenters. The van der Waals surface area contributed by atoms with Crippen LogP contribution in [-0.2, 0) is 13.2 Å². The quantitative estimate of drug-likeness (QED) is 0.889. The number of hydrogen-bond donors (Lipinski definition) is 1. The zero-order valence-electron chi connectivity index (χ0n) is 12.1. The van der Waals surface area contributed by atoms with E-state index in [-0.39, 0.29) is 12.4 Å². The molecule has 0 fully saturated rings. The molecule has 0 aromatic heterocycles. The minimum Gasteiger partial charge on any atom is -0.497 e. The summed E-state index contributed by atoms with van der Waals surface area (Å²) >= 11 is 0. The summed E-state index contributed by atoms with van der Waals surface area (Å²) in [6.07, 6.45) is 0. The van der Waals surface area contributed by atoms with Gasteiger partial charge in [0.05, 0.1) is 14.2 Å². The van der Waals surface area contributed by atoms with Gasteiger partial charge in [0.2, 0.25) is 0 Å². The molecule has 0 heterocycles. The van der Waals surface area contributed by atoms with Gasteiger partial charge in [0.1, 0.15) is 18.1 Å². The van der Waals surface area contributed by atoms with Gasteiger partial charge in [-0.05, 0) is 12.1 Å². The van der Waals surface area contributed by atoms with Crippen LogP contribution in [0, 0.1) is 5.82 Å². The van der Waals surface area contributed by atoms with Crippen LogP contribution in [0.15, 0.2) is 36.4 Å². The fourth-order valence-corrected chi connectivity index (χ4v) is 1.95. The highest BCUT2D eigenvalue weighted by Gasteiger charge is 2.10. The van der Waals surface area contributed by atoms with Crippen LogP contribution in [-0.4, -0.2) is 14.2 Å². The second-order valence-corrected chi connectivity index (χ2v) is 4.40. The van der Waals surface area contributed by atoms with Gasteiger partial charge < -0.3 is 19.9 Å². The van der Waals surface area contributed by atoms with Crippen LogP contribution >= 0.6 is 0 Å². The summed E-state index contributed by atoms with van der Waals surface area (Å²) in [7, 11) is 3.00. The number of benzene rings is 2. The molecule has 0 aliphatic carbocycles. The number of ether oxygens (including phenoxy) is 3. The molecule has 4 nitrogen and oxygen atoms in total. The summed E-state index contributed by atoms with van der Waals surface area (Å²) in [5.41, 5.74) is 6.92. The van der Waals surface area contributed by atoms with Crippen molar-refractivity contribution in [3.05, 3.63) is 53.3 Å². The Bertz CT molecular complexity index is 616. The Balaban J connectivity index is 2.20. The molecule has 0 aliphatic heterocycles. The van der Waals surface area contributed by atoms with Crippen LogP contribution in [0.4, 0.5) is 4.39 Å². The number of hydrogen-bond acceptors (Lipinski definition) is 4. The maximum absolute atomic E-state index is 14.0. The fourth-order valence-electron chi connectivity index (χ4n) is 1.95. The monoisotopic (exact) mass is 291 g/mol. The van der Waals surface area contributed by atoms with Gasteiger partial charge in [-0.3, -0.25) is 0 Å². The number of nitrogens with two attached hydrogens (primary N) is 1. The SMILES string of the molecule is COc1ccc(CN)c(OCc2cccc(OC)c2F)c1. The van der Waals surface area contributed by atoms with Gasteiger partial charge >= 0.3 is 0 Å². The maximum Gasteiger partial charge on any atom is 0.171 e. The smallest absolute Gasteiger partial charge is 0.171 e. The molecule has 0 saturated heterocycles. The topological polar surface area (TPSA) is 53.7 Å². The lowest BCUT2D eigenvalue weighted by molar-refractivity contribution is 0.291. The van der Waals surface area contributed by atoms with Crippen LogP contribution in [0.25, 0.3) is 0 Å². The van der Waals surface area contributed by atoms with Crippen LogP contribution in [0.3, 0.4) is 0 Å². The second-order valence-electron chi connectivity index (χ2n) is 4.40. The van der Waals surface area contributed by atoms with E-state index in [1.807, 2.05) is 6.07 Å². The van der Waals surface area contributed by atoms with Gasteiger partial charge in [0, 0.05) is 23.7 Å². The molecule has 0 spiro atoms. The average molecular weight is 291 g/mol. The Morgan fingerprint density at radius 1 is 1.00 bits per heavy atom. The summed E-state index contributed by atoms with van der Waals surface area (Å²) in [5.74, 6) is 1.02. The third-order valence-electron chi connectivity index (χ3n) is 3.14. The molecule has 5 heteroatoms. The van der Waals surface area contributed by atoms with E-state index in [2.05, 4.69) is 0 Å². The van der Waals surface area contributed by atoms with Crippen molar-refractivity contribution in [1.29, 1.82) is 0 Å². The molecule has 0 bridgehead atoms. The molecule has 0 atom stereocenters. The van der Waals surface area contributed by atoms with Gasteiger partial charge in [-0.25, -0.2) is 4.39 Å². The van der Waals surface area contributed by atoms with Gasteiger partial charge in [-0.1, -0.05) is 18.2 Å². The highest BCUT2D eigenvalue weighted by atomic mass is 19.1. The lowest BCUT2D eigenvalue weighted by atomic mass is 10.2. The molecule has 2 aromatic carbocycles. The van der Waals surface area contributed by atoms with Gasteiger partial charge in [0.25, 0.3) is 0 Å². The van der Waals surface area contributed by atoms with Crippen molar-refractivity contribution in [2.75, 3.05) is 14.2 Å². The fraction of sp³-hybridized carbons (Fsp3) is 0.250. The molecule has 0 aliphatic rings. The highest BCUT2D eigenvalue weighted by Crippen LogP contribution is 2.27. The summed E-state index contributed by atoms with van der Waals surface area (Å²) in [6, 6.07) is 10.3. The minimum absolute atomic E-state index is 0.0865. The summed E-state index contributed by atoms with van der Waals surface area (Å²) in [6.45, 7) is 0.420. The first kappa shape index (κ1) is 15.1. The summed E-state index contributed by atoms with van der Waals surface area (Å²) in [5, 5.41) is 0. The van der Waals surface area contributed by atoms with Gasteiger partial charge in [-0.15, -0.1) is 0 Å². The standard InChI is InChI=1S/C16H18FNO3/c1-19-13-7-6-11(9-18)15(8-13)21-10-12-4-3-5-14(20-2)16(12)17/h3-8H,9-10,18H2,1-2H3. The first-order valence-corrected chi connectivity index (χ1v) is 6.50. The summed E-state index contributed by atoms with van der Waals surface area (Å²) in [4.78, 5) is 0. The Morgan fingerprint density at radius 2 is 1.81 bits per heavy atom. The lowest BCUT2D eigenvalue weighted by Crippen LogP contribution is -2.05.